The van der Waals surface area contributed by atoms with Crippen molar-refractivity contribution in [2.45, 2.75) is 0 Å². The Kier molecular flexibility index (Phi) is 4.00. The summed E-state index contributed by atoms with van der Waals surface area (Å²) in [5.41, 5.74) is 4.09. The molecule has 19 heavy (non-hydrogen) atoms. The van der Waals surface area contributed by atoms with Gasteiger partial charge < -0.3 is 5.73 Å². The number of anilines is 1. The van der Waals surface area contributed by atoms with Crippen molar-refractivity contribution in [2.24, 2.45) is 10.8 Å². The molecule has 0 aliphatic carbocycles. The molecule has 0 aliphatic rings. The van der Waals surface area contributed by atoms with Crippen LogP contribution in [0.25, 0.3) is 0 Å². The van der Waals surface area contributed by atoms with Gasteiger partial charge in [0.2, 0.25) is 11.5 Å². The number of amidine groups is 1. The van der Waals surface area contributed by atoms with E-state index >= 15 is 0 Å². The van der Waals surface area contributed by atoms with Gasteiger partial charge in [-0.05, 0) is 0 Å². The number of nitrogens with zero attached hydrogens (tertiary/aromatic N) is 2. The summed E-state index contributed by atoms with van der Waals surface area (Å²) in [5, 5.41) is 18.2. The molecule has 4 N–H and O–H groups in total. The quantitative estimate of drug-likeness (QED) is 0.195. The van der Waals surface area contributed by atoms with Crippen LogP contribution in [-0.2, 0) is 0 Å². The highest BCUT2D eigenvalue weighted by Crippen LogP contribution is 2.26. The molecule has 0 aliphatic heterocycles. The third-order valence-corrected chi connectivity index (χ3v) is 1.85. The normalized spacial score (nSPS) is 11.1. The molecule has 0 unspecified atom stereocenters. The lowest BCUT2D eigenvalue weighted by Crippen LogP contribution is -2.22. The summed E-state index contributed by atoms with van der Waals surface area (Å²) in [5.74, 6) is -11.8. The van der Waals surface area contributed by atoms with Crippen LogP contribution in [0.4, 0.5) is 27.6 Å². The van der Waals surface area contributed by atoms with Crippen molar-refractivity contribution in [1.29, 1.82) is 10.7 Å². The molecule has 0 amide bonds. The smallest absolute Gasteiger partial charge is 0.201 e. The fourth-order valence-electron chi connectivity index (χ4n) is 0.960. The Morgan fingerprint density at radius 1 is 1.05 bits per heavy atom. The molecule has 100 valence electrons. The van der Waals surface area contributed by atoms with Crippen LogP contribution >= 0.6 is 0 Å². The number of halogens is 5. The average Bonchev–Trinajstić information content (AvgIpc) is 2.38. The van der Waals surface area contributed by atoms with Crippen molar-refractivity contribution in [2.75, 3.05) is 5.43 Å². The Morgan fingerprint density at radius 2 is 1.47 bits per heavy atom. The highest BCUT2D eigenvalue weighted by Gasteiger charge is 2.25. The predicted molar refractivity (Wildman–Crippen MR) is 54.8 cm³/mol. The molecule has 0 atom stereocenters. The lowest BCUT2D eigenvalue weighted by atomic mass is 10.2. The SMILES string of the molecule is N#C/C(=N\Nc1c(F)c(F)c(F)c(F)c1F)C(=N)N. The molecule has 1 aromatic rings. The summed E-state index contributed by atoms with van der Waals surface area (Å²) in [6, 6.07) is 1.28. The van der Waals surface area contributed by atoms with E-state index in [9.17, 15) is 22.0 Å². The van der Waals surface area contributed by atoms with Crippen molar-refractivity contribution in [3.8, 4) is 6.07 Å². The van der Waals surface area contributed by atoms with E-state index in [-0.39, 0.29) is 0 Å². The molecule has 1 aromatic carbocycles. The standard InChI is InChI=1S/C9H4F5N5/c10-3-4(11)6(13)8(7(14)5(3)12)19-18-2(1-15)9(16)17/h19H,(H3,16,17)/b18-2+. The number of hydrazone groups is 1. The Hall–Kier alpha value is -2.70. The minimum atomic E-state index is -2.32. The van der Waals surface area contributed by atoms with Crippen LogP contribution in [0, 0.1) is 45.8 Å². The lowest BCUT2D eigenvalue weighted by molar-refractivity contribution is 0.381. The van der Waals surface area contributed by atoms with Crippen molar-refractivity contribution >= 4 is 17.2 Å². The van der Waals surface area contributed by atoms with Crippen molar-refractivity contribution in [3.63, 3.8) is 0 Å². The number of nitriles is 1. The average molecular weight is 277 g/mol. The van der Waals surface area contributed by atoms with Crippen LogP contribution in [0.15, 0.2) is 5.10 Å². The predicted octanol–water partition coefficient (Wildman–Crippen LogP) is 1.61. The largest absolute Gasteiger partial charge is 0.382 e. The van der Waals surface area contributed by atoms with Crippen molar-refractivity contribution in [3.05, 3.63) is 29.1 Å². The van der Waals surface area contributed by atoms with E-state index < -0.39 is 46.3 Å². The molecule has 10 heteroatoms. The molecule has 5 nitrogen and oxygen atoms in total. The maximum Gasteiger partial charge on any atom is 0.201 e. The summed E-state index contributed by atoms with van der Waals surface area (Å²) in [6.07, 6.45) is 0. The number of benzene rings is 1. The van der Waals surface area contributed by atoms with E-state index in [1.54, 1.807) is 0 Å². The van der Waals surface area contributed by atoms with E-state index in [2.05, 4.69) is 5.10 Å². The van der Waals surface area contributed by atoms with Crippen LogP contribution in [0.5, 0.6) is 0 Å². The van der Waals surface area contributed by atoms with Crippen LogP contribution in [0.3, 0.4) is 0 Å². The first-order valence-corrected chi connectivity index (χ1v) is 4.40. The zero-order valence-corrected chi connectivity index (χ0v) is 8.86. The van der Waals surface area contributed by atoms with E-state index in [0.717, 1.165) is 0 Å². The van der Waals surface area contributed by atoms with Gasteiger partial charge in [-0.1, -0.05) is 0 Å². The van der Waals surface area contributed by atoms with E-state index in [0.29, 0.717) is 0 Å². The molecular weight excluding hydrogens is 273 g/mol. The van der Waals surface area contributed by atoms with Gasteiger partial charge in [0.1, 0.15) is 11.8 Å². The Balaban J connectivity index is 3.31. The monoisotopic (exact) mass is 277 g/mol. The van der Waals surface area contributed by atoms with Crippen LogP contribution in [0.1, 0.15) is 0 Å². The van der Waals surface area contributed by atoms with Gasteiger partial charge in [-0.15, -0.1) is 0 Å². The molecule has 1 rings (SSSR count). The Bertz CT molecular complexity index is 589. The molecular formula is C9H4F5N5. The number of nitrogens with two attached hydrogens (primary N) is 1. The number of hydrogen-bond acceptors (Lipinski definition) is 4. The van der Waals surface area contributed by atoms with Crippen LogP contribution in [-0.4, -0.2) is 11.5 Å². The highest BCUT2D eigenvalue weighted by atomic mass is 19.2. The Labute approximate surface area is 102 Å². The first-order valence-electron chi connectivity index (χ1n) is 4.40. The second-order valence-electron chi connectivity index (χ2n) is 3.04. The highest BCUT2D eigenvalue weighted by molar-refractivity contribution is 6.45. The van der Waals surface area contributed by atoms with Crippen molar-refractivity contribution in [1.82, 2.24) is 0 Å². The van der Waals surface area contributed by atoms with Crippen molar-refractivity contribution < 1.29 is 22.0 Å². The third-order valence-electron chi connectivity index (χ3n) is 1.85. The summed E-state index contributed by atoms with van der Waals surface area (Å²) in [6.45, 7) is 0. The van der Waals surface area contributed by atoms with Gasteiger partial charge >= 0.3 is 0 Å². The minimum absolute atomic E-state index is 0.788. The second-order valence-corrected chi connectivity index (χ2v) is 3.04. The first-order chi connectivity index (χ1) is 8.81. The molecule has 0 fully saturated rings. The number of nitrogens with one attached hydrogen (secondary N) is 2. The van der Waals surface area contributed by atoms with Gasteiger partial charge in [0.25, 0.3) is 0 Å². The van der Waals surface area contributed by atoms with E-state index in [1.165, 1.54) is 11.5 Å². The summed E-state index contributed by atoms with van der Waals surface area (Å²) >= 11 is 0. The molecule has 0 aromatic heterocycles. The maximum absolute atomic E-state index is 13.1. The fourth-order valence-corrected chi connectivity index (χ4v) is 0.960. The van der Waals surface area contributed by atoms with Gasteiger partial charge in [0, 0.05) is 0 Å². The van der Waals surface area contributed by atoms with Crippen LogP contribution < -0.4 is 11.2 Å². The van der Waals surface area contributed by atoms with Gasteiger partial charge in [-0.25, -0.2) is 22.0 Å². The molecule has 0 radical (unpaired) electrons. The zero-order valence-electron chi connectivity index (χ0n) is 8.86. The van der Waals surface area contributed by atoms with Gasteiger partial charge in [0.05, 0.1) is 0 Å². The first kappa shape index (κ1) is 14.4. The molecule has 0 bridgehead atoms. The molecule has 0 spiro atoms. The van der Waals surface area contributed by atoms with Crippen LogP contribution in [0.2, 0.25) is 0 Å². The van der Waals surface area contributed by atoms with E-state index in [1.807, 2.05) is 0 Å². The summed E-state index contributed by atoms with van der Waals surface area (Å²) < 4.78 is 64.5. The minimum Gasteiger partial charge on any atom is -0.382 e. The third kappa shape index (κ3) is 2.59. The summed E-state index contributed by atoms with van der Waals surface area (Å²) in [7, 11) is 0. The van der Waals surface area contributed by atoms with Gasteiger partial charge in [0.15, 0.2) is 29.1 Å². The summed E-state index contributed by atoms with van der Waals surface area (Å²) in [4.78, 5) is 0. The van der Waals surface area contributed by atoms with Gasteiger partial charge in [-0.3, -0.25) is 10.8 Å². The van der Waals surface area contributed by atoms with Gasteiger partial charge in [-0.2, -0.15) is 10.4 Å². The maximum atomic E-state index is 13.1. The zero-order chi connectivity index (χ0) is 14.7. The molecule has 0 saturated carbocycles. The molecule has 0 saturated heterocycles. The Morgan fingerprint density at radius 3 is 1.84 bits per heavy atom. The number of hydrogen-bond donors (Lipinski definition) is 3. The topological polar surface area (TPSA) is 98.0 Å². The molecule has 0 heterocycles. The second kappa shape index (κ2) is 5.30. The fraction of sp³-hybridized carbons (Fsp3) is 0. The van der Waals surface area contributed by atoms with E-state index in [4.69, 9.17) is 16.4 Å². The lowest BCUT2D eigenvalue weighted by Gasteiger charge is -2.07. The number of rotatable bonds is 3.